The number of halogens is 1. The number of pyridine rings is 2. The predicted octanol–water partition coefficient (Wildman–Crippen LogP) is 3.13. The van der Waals surface area contributed by atoms with Crippen LogP contribution in [0, 0.1) is 5.95 Å². The number of carbonyl (C=O) groups is 1. The van der Waals surface area contributed by atoms with Crippen molar-refractivity contribution in [1.82, 2.24) is 15.0 Å². The summed E-state index contributed by atoms with van der Waals surface area (Å²) in [6.45, 7) is 0. The lowest BCUT2D eigenvalue weighted by Gasteiger charge is -2.22. The molecule has 2 heterocycles. The highest BCUT2D eigenvalue weighted by molar-refractivity contribution is 7.92. The average Bonchev–Trinajstić information content (AvgIpc) is 2.77. The Balaban J connectivity index is 2.06. The Morgan fingerprint density at radius 3 is 2.42 bits per heavy atom. The molecule has 3 aromatic rings. The number of carbonyl (C=O) groups excluding carboxylic acids is 1. The number of hydrogen-bond donors (Lipinski definition) is 2. The number of para-hydroxylation sites is 2. The van der Waals surface area contributed by atoms with Gasteiger partial charge in [0.25, 0.3) is 5.91 Å². The van der Waals surface area contributed by atoms with Crippen molar-refractivity contribution in [3.8, 4) is 0 Å². The molecule has 0 fully saturated rings. The molecule has 2 N–H and O–H groups in total. The Labute approximate surface area is 191 Å². The minimum Gasteiger partial charge on any atom is -0.353 e. The third kappa shape index (κ3) is 5.73. The Hall–Kier alpha value is -3.77. The van der Waals surface area contributed by atoms with E-state index in [-0.39, 0.29) is 17.2 Å². The molecule has 0 aliphatic carbocycles. The topological polar surface area (TPSA) is 117 Å². The fourth-order valence-corrected chi connectivity index (χ4v) is 3.35. The normalized spacial score (nSPS) is 11.1. The third-order valence-corrected chi connectivity index (χ3v) is 5.87. The zero-order valence-electron chi connectivity index (χ0n) is 18.4. The molecule has 0 aliphatic heterocycles. The van der Waals surface area contributed by atoms with E-state index < -0.39 is 21.9 Å². The molecule has 3 rings (SSSR count). The molecule has 0 radical (unpaired) electrons. The van der Waals surface area contributed by atoms with Crippen LogP contribution >= 0.6 is 0 Å². The molecule has 12 heteroatoms. The Morgan fingerprint density at radius 1 is 1.03 bits per heavy atom. The first-order valence-corrected chi connectivity index (χ1v) is 11.5. The number of benzene rings is 1. The van der Waals surface area contributed by atoms with E-state index in [0.29, 0.717) is 17.1 Å². The fourth-order valence-electron chi connectivity index (χ4n) is 2.84. The quantitative estimate of drug-likeness (QED) is 0.378. The van der Waals surface area contributed by atoms with Crippen LogP contribution in [0.15, 0.2) is 54.7 Å². The molecule has 10 nitrogen and oxygen atoms in total. The van der Waals surface area contributed by atoms with Gasteiger partial charge in [-0.1, -0.05) is 18.2 Å². The number of hydrogen-bond acceptors (Lipinski definition) is 8. The second-order valence-electron chi connectivity index (χ2n) is 6.94. The zero-order valence-corrected chi connectivity index (χ0v) is 19.2. The van der Waals surface area contributed by atoms with Crippen LogP contribution in [0.1, 0.15) is 10.4 Å². The highest BCUT2D eigenvalue weighted by Gasteiger charge is 2.20. The molecule has 1 amide bonds. The van der Waals surface area contributed by atoms with Crippen molar-refractivity contribution in [2.75, 3.05) is 42.4 Å². The highest BCUT2D eigenvalue weighted by Crippen LogP contribution is 2.32. The van der Waals surface area contributed by atoms with Gasteiger partial charge in [-0.05, 0) is 24.3 Å². The maximum atomic E-state index is 13.4. The lowest BCUT2D eigenvalue weighted by atomic mass is 10.2. The molecule has 2 aromatic heterocycles. The molecular formula is C21H23FN6O4S. The van der Waals surface area contributed by atoms with E-state index in [1.165, 1.54) is 45.6 Å². The van der Waals surface area contributed by atoms with Crippen molar-refractivity contribution in [1.29, 1.82) is 0 Å². The molecule has 0 saturated carbocycles. The number of sulfonamides is 1. The van der Waals surface area contributed by atoms with Gasteiger partial charge in [-0.2, -0.15) is 4.39 Å². The molecule has 1 aromatic carbocycles. The summed E-state index contributed by atoms with van der Waals surface area (Å²) in [4.78, 5) is 25.8. The first kappa shape index (κ1) is 23.9. The van der Waals surface area contributed by atoms with Crippen LogP contribution in [0.4, 0.5) is 33.1 Å². The molecule has 0 bridgehead atoms. The second kappa shape index (κ2) is 9.79. The monoisotopic (exact) mass is 474 g/mol. The van der Waals surface area contributed by atoms with Crippen LogP contribution in [0.2, 0.25) is 0 Å². The number of amides is 1. The molecular weight excluding hydrogens is 451 g/mol. The van der Waals surface area contributed by atoms with Crippen LogP contribution in [0.25, 0.3) is 0 Å². The van der Waals surface area contributed by atoms with Gasteiger partial charge in [0.05, 0.1) is 36.0 Å². The summed E-state index contributed by atoms with van der Waals surface area (Å²) in [5.74, 6) is -0.651. The van der Waals surface area contributed by atoms with Gasteiger partial charge < -0.3 is 10.6 Å². The number of nitrogens with zero attached hydrogens (tertiary/aromatic N) is 4. The Morgan fingerprint density at radius 2 is 1.76 bits per heavy atom. The van der Waals surface area contributed by atoms with Crippen molar-refractivity contribution >= 4 is 44.6 Å². The lowest BCUT2D eigenvalue weighted by Crippen LogP contribution is -2.27. The van der Waals surface area contributed by atoms with Gasteiger partial charge in [-0.25, -0.2) is 23.4 Å². The van der Waals surface area contributed by atoms with E-state index in [2.05, 4.69) is 20.6 Å². The Bertz CT molecular complexity index is 1270. The van der Waals surface area contributed by atoms with Gasteiger partial charge in [-0.15, -0.1) is 0 Å². The van der Waals surface area contributed by atoms with Gasteiger partial charge in [0.1, 0.15) is 11.6 Å². The number of rotatable bonds is 8. The molecule has 33 heavy (non-hydrogen) atoms. The minimum atomic E-state index is -3.54. The van der Waals surface area contributed by atoms with Gasteiger partial charge in [-0.3, -0.25) is 13.9 Å². The number of anilines is 5. The largest absolute Gasteiger partial charge is 0.353 e. The number of hydroxylamine groups is 2. The summed E-state index contributed by atoms with van der Waals surface area (Å²) in [6, 6.07) is 12.5. The predicted molar refractivity (Wildman–Crippen MR) is 124 cm³/mol. The van der Waals surface area contributed by atoms with Crippen molar-refractivity contribution < 1.29 is 22.4 Å². The summed E-state index contributed by atoms with van der Waals surface area (Å²) in [7, 11) is 0.681. The Kier molecular flexibility index (Phi) is 7.09. The van der Waals surface area contributed by atoms with Crippen LogP contribution in [-0.2, 0) is 14.9 Å². The van der Waals surface area contributed by atoms with Crippen molar-refractivity contribution in [3.05, 3.63) is 66.2 Å². The minimum absolute atomic E-state index is 0.161. The molecule has 0 atom stereocenters. The van der Waals surface area contributed by atoms with Gasteiger partial charge in [0.2, 0.25) is 16.0 Å². The van der Waals surface area contributed by atoms with E-state index in [1.54, 1.807) is 30.3 Å². The van der Waals surface area contributed by atoms with Crippen LogP contribution in [0.5, 0.6) is 0 Å². The first-order chi connectivity index (χ1) is 15.6. The summed E-state index contributed by atoms with van der Waals surface area (Å²) in [5.41, 5.74) is 1.28. The first-order valence-electron chi connectivity index (χ1n) is 9.62. The standard InChI is InChI=1S/C21H23FN6O4S/c1-27(32-3)21(29)14-13-23-20(26-19-11-7-10-18(22)25-19)12-16(14)24-15-8-5-6-9-17(15)28(2)33(4,30)31/h5-13H,1-4H3,(H2,23,24,25,26). The second-order valence-corrected chi connectivity index (χ2v) is 8.96. The van der Waals surface area contributed by atoms with Crippen LogP contribution in [0.3, 0.4) is 0 Å². The van der Waals surface area contributed by atoms with E-state index in [4.69, 9.17) is 4.84 Å². The van der Waals surface area contributed by atoms with E-state index in [1.807, 2.05) is 0 Å². The van der Waals surface area contributed by atoms with Crippen LogP contribution in [-0.4, -0.2) is 56.8 Å². The SMILES string of the molecule is CON(C)C(=O)c1cnc(Nc2cccc(F)n2)cc1Nc1ccccc1N(C)S(C)(=O)=O. The zero-order chi connectivity index (χ0) is 24.2. The third-order valence-electron chi connectivity index (χ3n) is 4.68. The highest BCUT2D eigenvalue weighted by atomic mass is 32.2. The van der Waals surface area contributed by atoms with E-state index >= 15 is 0 Å². The summed E-state index contributed by atoms with van der Waals surface area (Å²) in [6.07, 6.45) is 2.41. The van der Waals surface area contributed by atoms with Crippen molar-refractivity contribution in [2.45, 2.75) is 0 Å². The van der Waals surface area contributed by atoms with Gasteiger partial charge >= 0.3 is 0 Å². The van der Waals surface area contributed by atoms with Gasteiger partial charge in [0.15, 0.2) is 0 Å². The van der Waals surface area contributed by atoms with Crippen LogP contribution < -0.4 is 14.9 Å². The van der Waals surface area contributed by atoms with Gasteiger partial charge in [0, 0.05) is 26.4 Å². The number of nitrogens with one attached hydrogen (secondary N) is 2. The molecule has 174 valence electrons. The smallest absolute Gasteiger partial charge is 0.280 e. The summed E-state index contributed by atoms with van der Waals surface area (Å²) in [5, 5.41) is 7.01. The van der Waals surface area contributed by atoms with E-state index in [9.17, 15) is 17.6 Å². The molecule has 0 aliphatic rings. The molecule has 0 unspecified atom stereocenters. The maximum Gasteiger partial charge on any atom is 0.280 e. The summed E-state index contributed by atoms with van der Waals surface area (Å²) < 4.78 is 38.7. The summed E-state index contributed by atoms with van der Waals surface area (Å²) >= 11 is 0. The lowest BCUT2D eigenvalue weighted by molar-refractivity contribution is -0.0756. The average molecular weight is 475 g/mol. The van der Waals surface area contributed by atoms with E-state index in [0.717, 1.165) is 15.6 Å². The number of aromatic nitrogens is 2. The molecule has 0 saturated heterocycles. The fraction of sp³-hybridized carbons (Fsp3) is 0.190. The maximum absolute atomic E-state index is 13.4. The van der Waals surface area contributed by atoms with Crippen molar-refractivity contribution in [2.24, 2.45) is 0 Å². The molecule has 0 spiro atoms. The van der Waals surface area contributed by atoms with Crippen molar-refractivity contribution in [3.63, 3.8) is 0 Å².